The van der Waals surface area contributed by atoms with Gasteiger partial charge in [0.25, 0.3) is 0 Å². The summed E-state index contributed by atoms with van der Waals surface area (Å²) in [5, 5.41) is 0. The molecule has 1 fully saturated rings. The summed E-state index contributed by atoms with van der Waals surface area (Å²) in [4.78, 5) is 2.19. The maximum absolute atomic E-state index is 6.24. The summed E-state index contributed by atoms with van der Waals surface area (Å²) in [5.74, 6) is 1.28. The van der Waals surface area contributed by atoms with Crippen LogP contribution in [0, 0.1) is 12.8 Å². The SMILES string of the molecule is Cc1ccccc1C1C(C)CCCC1OCCN(C)C. The van der Waals surface area contributed by atoms with Crippen molar-refractivity contribution in [3.05, 3.63) is 35.4 Å². The topological polar surface area (TPSA) is 12.5 Å². The number of aryl methyl sites for hydroxylation is 1. The van der Waals surface area contributed by atoms with Gasteiger partial charge in [0.05, 0.1) is 12.7 Å². The third-order valence-electron chi connectivity index (χ3n) is 4.58. The van der Waals surface area contributed by atoms with Crippen molar-refractivity contribution in [1.29, 1.82) is 0 Å². The average molecular weight is 275 g/mol. The van der Waals surface area contributed by atoms with Gasteiger partial charge >= 0.3 is 0 Å². The minimum atomic E-state index is 0.389. The Kier molecular flexibility index (Phi) is 5.62. The van der Waals surface area contributed by atoms with Gasteiger partial charge in [0, 0.05) is 12.5 Å². The van der Waals surface area contributed by atoms with Crippen LogP contribution >= 0.6 is 0 Å². The number of rotatable bonds is 5. The van der Waals surface area contributed by atoms with Crippen molar-refractivity contribution in [2.75, 3.05) is 27.2 Å². The molecule has 1 aromatic rings. The highest BCUT2D eigenvalue weighted by molar-refractivity contribution is 5.31. The van der Waals surface area contributed by atoms with Crippen LogP contribution in [-0.4, -0.2) is 38.3 Å². The molecule has 20 heavy (non-hydrogen) atoms. The summed E-state index contributed by atoms with van der Waals surface area (Å²) >= 11 is 0. The quantitative estimate of drug-likeness (QED) is 0.809. The molecular weight excluding hydrogens is 246 g/mol. The highest BCUT2D eigenvalue weighted by atomic mass is 16.5. The van der Waals surface area contributed by atoms with E-state index in [9.17, 15) is 0 Å². The van der Waals surface area contributed by atoms with Crippen molar-refractivity contribution in [2.45, 2.75) is 45.1 Å². The molecular formula is C18H29NO. The molecule has 2 nitrogen and oxygen atoms in total. The Hall–Kier alpha value is -0.860. The minimum Gasteiger partial charge on any atom is -0.376 e. The Morgan fingerprint density at radius 2 is 1.95 bits per heavy atom. The standard InChI is InChI=1S/C18H29NO/c1-14-8-5-6-10-16(14)18-15(2)9-7-11-17(18)20-13-12-19(3)4/h5-6,8,10,15,17-18H,7,9,11-13H2,1-4H3. The van der Waals surface area contributed by atoms with Gasteiger partial charge in [-0.25, -0.2) is 0 Å². The van der Waals surface area contributed by atoms with Gasteiger partial charge in [0.2, 0.25) is 0 Å². The lowest BCUT2D eigenvalue weighted by molar-refractivity contribution is -0.00753. The molecule has 0 saturated heterocycles. The van der Waals surface area contributed by atoms with E-state index < -0.39 is 0 Å². The highest BCUT2D eigenvalue weighted by Gasteiger charge is 2.33. The second-order valence-corrected chi connectivity index (χ2v) is 6.50. The molecule has 3 atom stereocenters. The number of hydrogen-bond acceptors (Lipinski definition) is 2. The smallest absolute Gasteiger partial charge is 0.0646 e. The maximum atomic E-state index is 6.24. The number of benzene rings is 1. The van der Waals surface area contributed by atoms with Crippen LogP contribution in [-0.2, 0) is 4.74 Å². The molecule has 0 heterocycles. The largest absolute Gasteiger partial charge is 0.376 e. The van der Waals surface area contributed by atoms with E-state index in [1.165, 1.54) is 30.4 Å². The van der Waals surface area contributed by atoms with E-state index >= 15 is 0 Å². The van der Waals surface area contributed by atoms with Gasteiger partial charge < -0.3 is 9.64 Å². The predicted octanol–water partition coefficient (Wildman–Crippen LogP) is 3.85. The molecule has 112 valence electrons. The average Bonchev–Trinajstić information content (AvgIpc) is 2.40. The molecule has 2 rings (SSSR count). The first-order valence-electron chi connectivity index (χ1n) is 7.91. The molecule has 1 aliphatic carbocycles. The van der Waals surface area contributed by atoms with Crippen molar-refractivity contribution in [1.82, 2.24) is 4.90 Å². The molecule has 0 N–H and O–H groups in total. The van der Waals surface area contributed by atoms with Gasteiger partial charge in [0.1, 0.15) is 0 Å². The number of likely N-dealkylation sites (N-methyl/N-ethyl adjacent to an activating group) is 1. The van der Waals surface area contributed by atoms with Crippen molar-refractivity contribution in [3.8, 4) is 0 Å². The summed E-state index contributed by atoms with van der Waals surface area (Å²) in [6.07, 6.45) is 4.22. The first-order chi connectivity index (χ1) is 9.59. The summed E-state index contributed by atoms with van der Waals surface area (Å²) in [6, 6.07) is 8.83. The van der Waals surface area contributed by atoms with Crippen molar-refractivity contribution >= 4 is 0 Å². The number of hydrogen-bond donors (Lipinski definition) is 0. The van der Waals surface area contributed by atoms with Gasteiger partial charge in [-0.15, -0.1) is 0 Å². The van der Waals surface area contributed by atoms with Crippen LogP contribution in [0.15, 0.2) is 24.3 Å². The van der Waals surface area contributed by atoms with Crippen LogP contribution in [0.5, 0.6) is 0 Å². The third-order valence-corrected chi connectivity index (χ3v) is 4.58. The van der Waals surface area contributed by atoms with E-state index in [-0.39, 0.29) is 0 Å². The second-order valence-electron chi connectivity index (χ2n) is 6.50. The van der Waals surface area contributed by atoms with Crippen LogP contribution < -0.4 is 0 Å². The number of ether oxygens (including phenoxy) is 1. The molecule has 2 heteroatoms. The first-order valence-corrected chi connectivity index (χ1v) is 7.91. The summed E-state index contributed by atoms with van der Waals surface area (Å²) in [7, 11) is 4.21. The van der Waals surface area contributed by atoms with E-state index in [4.69, 9.17) is 4.74 Å². The summed E-state index contributed by atoms with van der Waals surface area (Å²) < 4.78 is 6.24. The number of nitrogens with zero attached hydrogens (tertiary/aromatic N) is 1. The van der Waals surface area contributed by atoms with Crippen molar-refractivity contribution < 1.29 is 4.74 Å². The summed E-state index contributed by atoms with van der Waals surface area (Å²) in [5.41, 5.74) is 2.90. The first kappa shape index (κ1) is 15.5. The Bertz CT molecular complexity index is 416. The van der Waals surface area contributed by atoms with E-state index in [0.717, 1.165) is 13.2 Å². The van der Waals surface area contributed by atoms with Gasteiger partial charge in [-0.3, -0.25) is 0 Å². The van der Waals surface area contributed by atoms with Crippen LogP contribution in [0.2, 0.25) is 0 Å². The fourth-order valence-corrected chi connectivity index (χ4v) is 3.41. The lowest BCUT2D eigenvalue weighted by Crippen LogP contribution is -2.33. The van der Waals surface area contributed by atoms with Crippen molar-refractivity contribution in [3.63, 3.8) is 0 Å². The lowest BCUT2D eigenvalue weighted by atomic mass is 9.73. The van der Waals surface area contributed by atoms with Crippen molar-refractivity contribution in [2.24, 2.45) is 5.92 Å². The maximum Gasteiger partial charge on any atom is 0.0646 e. The molecule has 0 bridgehead atoms. The zero-order valence-electron chi connectivity index (χ0n) is 13.4. The van der Waals surface area contributed by atoms with Crippen LogP contribution in [0.25, 0.3) is 0 Å². The Labute approximate surface area is 124 Å². The molecule has 0 aromatic heterocycles. The highest BCUT2D eigenvalue weighted by Crippen LogP contribution is 2.40. The monoisotopic (exact) mass is 275 g/mol. The molecule has 1 saturated carbocycles. The normalized spacial score (nSPS) is 26.9. The summed E-state index contributed by atoms with van der Waals surface area (Å²) in [6.45, 7) is 6.46. The molecule has 3 unspecified atom stereocenters. The van der Waals surface area contributed by atoms with E-state index in [1.807, 2.05) is 0 Å². The van der Waals surface area contributed by atoms with Gasteiger partial charge in [0.15, 0.2) is 0 Å². The molecule has 0 aliphatic heterocycles. The Morgan fingerprint density at radius 3 is 2.65 bits per heavy atom. The zero-order chi connectivity index (χ0) is 14.5. The van der Waals surface area contributed by atoms with Crippen LogP contribution in [0.3, 0.4) is 0 Å². The molecule has 1 aromatic carbocycles. The van der Waals surface area contributed by atoms with E-state index in [2.05, 4.69) is 57.1 Å². The third kappa shape index (κ3) is 3.83. The van der Waals surface area contributed by atoms with Gasteiger partial charge in [-0.05, 0) is 50.9 Å². The fourth-order valence-electron chi connectivity index (χ4n) is 3.41. The van der Waals surface area contributed by atoms with E-state index in [1.54, 1.807) is 0 Å². The van der Waals surface area contributed by atoms with Gasteiger partial charge in [-0.1, -0.05) is 37.6 Å². The molecule has 0 spiro atoms. The van der Waals surface area contributed by atoms with E-state index in [0.29, 0.717) is 17.9 Å². The molecule has 0 amide bonds. The Morgan fingerprint density at radius 1 is 1.20 bits per heavy atom. The predicted molar refractivity (Wildman–Crippen MR) is 85.2 cm³/mol. The Balaban J connectivity index is 2.10. The van der Waals surface area contributed by atoms with Crippen LogP contribution in [0.4, 0.5) is 0 Å². The van der Waals surface area contributed by atoms with Gasteiger partial charge in [-0.2, -0.15) is 0 Å². The minimum absolute atomic E-state index is 0.389. The fraction of sp³-hybridized carbons (Fsp3) is 0.667. The molecule has 1 aliphatic rings. The zero-order valence-corrected chi connectivity index (χ0v) is 13.4. The van der Waals surface area contributed by atoms with Crippen LogP contribution in [0.1, 0.15) is 43.2 Å². The molecule has 0 radical (unpaired) electrons. The second kappa shape index (κ2) is 7.24. The lowest BCUT2D eigenvalue weighted by Gasteiger charge is -2.37.